The highest BCUT2D eigenvalue weighted by molar-refractivity contribution is 6.03. The number of benzene rings is 2. The number of ether oxygens (including phenoxy) is 1. The molecule has 26 heavy (non-hydrogen) atoms. The number of anilines is 3. The smallest absolute Gasteiger partial charge is 0.274 e. The molecular formula is C21H21N3O2. The zero-order chi connectivity index (χ0) is 18.5. The summed E-state index contributed by atoms with van der Waals surface area (Å²) in [5.41, 5.74) is 5.19. The van der Waals surface area contributed by atoms with Gasteiger partial charge in [-0.05, 0) is 55.3 Å². The number of rotatable bonds is 5. The first kappa shape index (κ1) is 17.5. The Bertz CT molecular complexity index is 938. The van der Waals surface area contributed by atoms with Crippen LogP contribution in [-0.4, -0.2) is 18.0 Å². The molecule has 5 heteroatoms. The van der Waals surface area contributed by atoms with Crippen molar-refractivity contribution in [2.45, 2.75) is 13.8 Å². The summed E-state index contributed by atoms with van der Waals surface area (Å²) in [6, 6.07) is 16.9. The normalized spacial score (nSPS) is 10.3. The molecule has 0 fully saturated rings. The third-order valence-corrected chi connectivity index (χ3v) is 4.20. The largest absolute Gasteiger partial charge is 0.497 e. The number of pyridine rings is 1. The van der Waals surface area contributed by atoms with Crippen molar-refractivity contribution in [1.82, 2.24) is 4.98 Å². The summed E-state index contributed by atoms with van der Waals surface area (Å²) in [6.45, 7) is 4.13. The highest BCUT2D eigenvalue weighted by atomic mass is 16.5. The van der Waals surface area contributed by atoms with Crippen LogP contribution in [0.15, 0.2) is 60.8 Å². The SMILES string of the molecule is COc1cccc(NC(=O)c2cc(Nc3cccc(C)c3C)ccn2)c1. The van der Waals surface area contributed by atoms with Gasteiger partial charge in [-0.1, -0.05) is 18.2 Å². The molecule has 0 aliphatic carbocycles. The second-order valence-electron chi connectivity index (χ2n) is 5.99. The van der Waals surface area contributed by atoms with E-state index >= 15 is 0 Å². The number of methoxy groups -OCH3 is 1. The minimum atomic E-state index is -0.275. The van der Waals surface area contributed by atoms with Crippen LogP contribution in [0.5, 0.6) is 5.75 Å². The lowest BCUT2D eigenvalue weighted by molar-refractivity contribution is 0.102. The van der Waals surface area contributed by atoms with Gasteiger partial charge in [-0.15, -0.1) is 0 Å². The van der Waals surface area contributed by atoms with Gasteiger partial charge in [-0.25, -0.2) is 0 Å². The Morgan fingerprint density at radius 1 is 1.00 bits per heavy atom. The fourth-order valence-corrected chi connectivity index (χ4v) is 2.57. The van der Waals surface area contributed by atoms with E-state index in [9.17, 15) is 4.79 Å². The number of carbonyl (C=O) groups excluding carboxylic acids is 1. The van der Waals surface area contributed by atoms with Gasteiger partial charge in [0.05, 0.1) is 7.11 Å². The Kier molecular flexibility index (Phi) is 5.17. The molecule has 3 aromatic rings. The molecular weight excluding hydrogens is 326 g/mol. The molecule has 2 aromatic carbocycles. The molecule has 0 unspecified atom stereocenters. The molecule has 3 rings (SSSR count). The van der Waals surface area contributed by atoms with Crippen LogP contribution in [0.1, 0.15) is 21.6 Å². The van der Waals surface area contributed by atoms with E-state index in [0.717, 1.165) is 11.4 Å². The van der Waals surface area contributed by atoms with E-state index in [1.54, 1.807) is 31.5 Å². The Morgan fingerprint density at radius 3 is 2.62 bits per heavy atom. The van der Waals surface area contributed by atoms with Crippen molar-refractivity contribution in [2.75, 3.05) is 17.7 Å². The van der Waals surface area contributed by atoms with Crippen molar-refractivity contribution in [3.05, 3.63) is 77.6 Å². The monoisotopic (exact) mass is 347 g/mol. The van der Waals surface area contributed by atoms with Crippen molar-refractivity contribution in [3.8, 4) is 5.75 Å². The van der Waals surface area contributed by atoms with Gasteiger partial charge in [0.2, 0.25) is 0 Å². The third-order valence-electron chi connectivity index (χ3n) is 4.20. The third kappa shape index (κ3) is 4.00. The first-order valence-electron chi connectivity index (χ1n) is 8.31. The minimum absolute atomic E-state index is 0.275. The Hall–Kier alpha value is -3.34. The molecule has 1 heterocycles. The zero-order valence-corrected chi connectivity index (χ0v) is 15.0. The molecule has 0 spiro atoms. The van der Waals surface area contributed by atoms with Gasteiger partial charge in [0.1, 0.15) is 11.4 Å². The molecule has 0 bridgehead atoms. The van der Waals surface area contributed by atoms with Crippen molar-refractivity contribution in [3.63, 3.8) is 0 Å². The molecule has 5 nitrogen and oxygen atoms in total. The number of carbonyl (C=O) groups is 1. The van der Waals surface area contributed by atoms with E-state index in [1.807, 2.05) is 30.3 Å². The molecule has 132 valence electrons. The number of hydrogen-bond donors (Lipinski definition) is 2. The van der Waals surface area contributed by atoms with Gasteiger partial charge in [-0.2, -0.15) is 0 Å². The number of aryl methyl sites for hydroxylation is 1. The van der Waals surface area contributed by atoms with E-state index in [4.69, 9.17) is 4.74 Å². The van der Waals surface area contributed by atoms with Crippen LogP contribution in [0.3, 0.4) is 0 Å². The van der Waals surface area contributed by atoms with Crippen LogP contribution in [0.2, 0.25) is 0 Å². The van der Waals surface area contributed by atoms with Crippen molar-refractivity contribution in [1.29, 1.82) is 0 Å². The maximum Gasteiger partial charge on any atom is 0.274 e. The average Bonchev–Trinajstić information content (AvgIpc) is 2.66. The summed E-state index contributed by atoms with van der Waals surface area (Å²) in [5.74, 6) is 0.406. The highest BCUT2D eigenvalue weighted by Gasteiger charge is 2.10. The standard InChI is InChI=1S/C21H21N3O2/c1-14-6-4-9-19(15(14)2)23-17-10-11-22-20(13-17)21(25)24-16-7-5-8-18(12-16)26-3/h4-13H,1-3H3,(H,22,23)(H,24,25). The van der Waals surface area contributed by atoms with E-state index < -0.39 is 0 Å². The number of nitrogens with zero attached hydrogens (tertiary/aromatic N) is 1. The Morgan fingerprint density at radius 2 is 1.81 bits per heavy atom. The lowest BCUT2D eigenvalue weighted by atomic mass is 10.1. The molecule has 0 saturated carbocycles. The average molecular weight is 347 g/mol. The molecule has 1 aromatic heterocycles. The topological polar surface area (TPSA) is 63.2 Å². The van der Waals surface area contributed by atoms with Gasteiger partial charge in [0, 0.05) is 29.3 Å². The summed E-state index contributed by atoms with van der Waals surface area (Å²) in [6.07, 6.45) is 1.62. The number of hydrogen-bond acceptors (Lipinski definition) is 4. The van der Waals surface area contributed by atoms with Gasteiger partial charge < -0.3 is 15.4 Å². The quantitative estimate of drug-likeness (QED) is 0.702. The van der Waals surface area contributed by atoms with Crippen LogP contribution in [0, 0.1) is 13.8 Å². The minimum Gasteiger partial charge on any atom is -0.497 e. The van der Waals surface area contributed by atoms with E-state index in [2.05, 4.69) is 35.5 Å². The molecule has 1 amide bonds. The van der Waals surface area contributed by atoms with Crippen LogP contribution in [-0.2, 0) is 0 Å². The predicted molar refractivity (Wildman–Crippen MR) is 104 cm³/mol. The van der Waals surface area contributed by atoms with Gasteiger partial charge in [-0.3, -0.25) is 9.78 Å². The predicted octanol–water partition coefficient (Wildman–Crippen LogP) is 4.70. The Balaban J connectivity index is 1.78. The van der Waals surface area contributed by atoms with E-state index in [0.29, 0.717) is 17.1 Å². The van der Waals surface area contributed by atoms with E-state index in [1.165, 1.54) is 11.1 Å². The number of nitrogens with one attached hydrogen (secondary N) is 2. The number of aromatic nitrogens is 1. The summed E-state index contributed by atoms with van der Waals surface area (Å²) in [7, 11) is 1.59. The summed E-state index contributed by atoms with van der Waals surface area (Å²) in [4.78, 5) is 16.7. The van der Waals surface area contributed by atoms with Crippen molar-refractivity contribution in [2.24, 2.45) is 0 Å². The van der Waals surface area contributed by atoms with Crippen LogP contribution in [0.25, 0.3) is 0 Å². The van der Waals surface area contributed by atoms with Gasteiger partial charge >= 0.3 is 0 Å². The zero-order valence-electron chi connectivity index (χ0n) is 15.0. The first-order valence-corrected chi connectivity index (χ1v) is 8.31. The van der Waals surface area contributed by atoms with E-state index in [-0.39, 0.29) is 5.91 Å². The fourth-order valence-electron chi connectivity index (χ4n) is 2.57. The van der Waals surface area contributed by atoms with Gasteiger partial charge in [0.25, 0.3) is 5.91 Å². The molecule has 0 atom stereocenters. The molecule has 0 saturated heterocycles. The summed E-state index contributed by atoms with van der Waals surface area (Å²) in [5, 5.41) is 6.19. The fraction of sp³-hybridized carbons (Fsp3) is 0.143. The number of amides is 1. The maximum atomic E-state index is 12.5. The summed E-state index contributed by atoms with van der Waals surface area (Å²) >= 11 is 0. The van der Waals surface area contributed by atoms with Crippen LogP contribution >= 0.6 is 0 Å². The van der Waals surface area contributed by atoms with Crippen LogP contribution in [0.4, 0.5) is 17.1 Å². The first-order chi connectivity index (χ1) is 12.6. The lowest BCUT2D eigenvalue weighted by Gasteiger charge is -2.12. The van der Waals surface area contributed by atoms with Crippen molar-refractivity contribution < 1.29 is 9.53 Å². The maximum absolute atomic E-state index is 12.5. The summed E-state index contributed by atoms with van der Waals surface area (Å²) < 4.78 is 5.17. The van der Waals surface area contributed by atoms with Gasteiger partial charge in [0.15, 0.2) is 0 Å². The lowest BCUT2D eigenvalue weighted by Crippen LogP contribution is -2.13. The second kappa shape index (κ2) is 7.70. The highest BCUT2D eigenvalue weighted by Crippen LogP contribution is 2.23. The second-order valence-corrected chi connectivity index (χ2v) is 5.99. The Labute approximate surface area is 153 Å². The molecule has 0 radical (unpaired) electrons. The van der Waals surface area contributed by atoms with Crippen LogP contribution < -0.4 is 15.4 Å². The molecule has 2 N–H and O–H groups in total. The molecule has 0 aliphatic rings. The molecule has 0 aliphatic heterocycles. The van der Waals surface area contributed by atoms with Crippen molar-refractivity contribution >= 4 is 23.0 Å².